The molecular weight excluding hydrogens is 336 g/mol. The van der Waals surface area contributed by atoms with Crippen LogP contribution in [0.1, 0.15) is 91.9 Å². The average molecular weight is 379 g/mol. The van der Waals surface area contributed by atoms with E-state index in [4.69, 9.17) is 4.74 Å². The summed E-state index contributed by atoms with van der Waals surface area (Å²) in [5.41, 5.74) is 0.938. The molecule has 4 saturated carbocycles. The topological polar surface area (TPSA) is 49.7 Å². The maximum Gasteiger partial charge on any atom is 0.186 e. The van der Waals surface area contributed by atoms with Gasteiger partial charge in [-0.15, -0.1) is 0 Å². The van der Waals surface area contributed by atoms with Crippen molar-refractivity contribution in [3.05, 3.63) is 0 Å². The number of hydrogen-bond donors (Lipinski definition) is 2. The Labute approximate surface area is 166 Å². The molecule has 156 valence electrons. The molecule has 0 amide bonds. The van der Waals surface area contributed by atoms with Gasteiger partial charge in [0.2, 0.25) is 0 Å². The predicted octanol–water partition coefficient (Wildman–Crippen LogP) is 5.14. The highest BCUT2D eigenvalue weighted by Crippen LogP contribution is 2.67. The van der Waals surface area contributed by atoms with Crippen molar-refractivity contribution < 1.29 is 14.9 Å². The molecule has 4 fully saturated rings. The molecule has 4 rings (SSSR count). The number of aliphatic hydroxyl groups excluding tert-OH is 1. The van der Waals surface area contributed by atoms with Gasteiger partial charge >= 0.3 is 0 Å². The number of hydrogen-bond acceptors (Lipinski definition) is 3. The van der Waals surface area contributed by atoms with Crippen molar-refractivity contribution in [2.75, 3.05) is 6.61 Å². The monoisotopic (exact) mass is 378 g/mol. The van der Waals surface area contributed by atoms with Crippen molar-refractivity contribution in [3.63, 3.8) is 0 Å². The highest BCUT2D eigenvalue weighted by atomic mass is 16.6. The van der Waals surface area contributed by atoms with Crippen LogP contribution < -0.4 is 0 Å². The third-order valence-corrected chi connectivity index (χ3v) is 9.96. The van der Waals surface area contributed by atoms with E-state index in [2.05, 4.69) is 20.8 Å². The van der Waals surface area contributed by atoms with Crippen LogP contribution in [0.15, 0.2) is 0 Å². The van der Waals surface area contributed by atoms with Crippen molar-refractivity contribution in [1.29, 1.82) is 0 Å². The van der Waals surface area contributed by atoms with Crippen LogP contribution in [-0.2, 0) is 4.74 Å². The largest absolute Gasteiger partial charge is 0.391 e. The summed E-state index contributed by atoms with van der Waals surface area (Å²) >= 11 is 0. The van der Waals surface area contributed by atoms with Crippen molar-refractivity contribution in [1.82, 2.24) is 0 Å². The maximum absolute atomic E-state index is 10.2. The highest BCUT2D eigenvalue weighted by molar-refractivity contribution is 5.09. The fraction of sp³-hybridized carbons (Fsp3) is 1.00. The first-order valence-corrected chi connectivity index (χ1v) is 11.7. The summed E-state index contributed by atoms with van der Waals surface area (Å²) in [6, 6.07) is 0. The second kappa shape index (κ2) is 6.99. The minimum absolute atomic E-state index is 0.000284. The van der Waals surface area contributed by atoms with E-state index in [1.54, 1.807) is 6.92 Å². The minimum atomic E-state index is -1.42. The summed E-state index contributed by atoms with van der Waals surface area (Å²) in [6.45, 7) is 8.53. The zero-order chi connectivity index (χ0) is 19.4. The van der Waals surface area contributed by atoms with Gasteiger partial charge < -0.3 is 14.9 Å². The van der Waals surface area contributed by atoms with Crippen molar-refractivity contribution >= 4 is 0 Å². The first-order chi connectivity index (χ1) is 12.7. The molecule has 0 aromatic carbocycles. The van der Waals surface area contributed by atoms with E-state index in [1.165, 1.54) is 64.2 Å². The first kappa shape index (κ1) is 20.2. The molecule has 0 radical (unpaired) electrons. The van der Waals surface area contributed by atoms with Crippen LogP contribution in [0.5, 0.6) is 0 Å². The third-order valence-electron chi connectivity index (χ3n) is 9.96. The van der Waals surface area contributed by atoms with Gasteiger partial charge in [-0.25, -0.2) is 0 Å². The Balaban J connectivity index is 1.53. The van der Waals surface area contributed by atoms with E-state index >= 15 is 0 Å². The molecule has 3 heteroatoms. The Morgan fingerprint density at radius 1 is 0.963 bits per heavy atom. The van der Waals surface area contributed by atoms with Gasteiger partial charge in [0.1, 0.15) is 0 Å². The van der Waals surface area contributed by atoms with Crippen LogP contribution in [0, 0.1) is 40.4 Å². The first-order valence-electron chi connectivity index (χ1n) is 11.7. The van der Waals surface area contributed by atoms with Crippen LogP contribution >= 0.6 is 0 Å². The van der Waals surface area contributed by atoms with E-state index in [0.717, 1.165) is 23.7 Å². The van der Waals surface area contributed by atoms with Gasteiger partial charge in [0.25, 0.3) is 0 Å². The fourth-order valence-electron chi connectivity index (χ4n) is 8.63. The maximum atomic E-state index is 10.2. The number of ether oxygens (including phenoxy) is 1. The van der Waals surface area contributed by atoms with Crippen molar-refractivity contribution in [2.24, 2.45) is 40.4 Å². The SMILES string of the molecule is CC(OC(C)(O)CO)[C@H]1CC[C@H]2[C@@H]3CC[C@H]4CCCC[C@]4(C)[C@H]3CC[C@]12C. The second-order valence-corrected chi connectivity index (χ2v) is 11.3. The van der Waals surface area contributed by atoms with Gasteiger partial charge in [0.15, 0.2) is 5.79 Å². The summed E-state index contributed by atoms with van der Waals surface area (Å²) in [4.78, 5) is 0. The lowest BCUT2D eigenvalue weighted by Gasteiger charge is -2.60. The quantitative estimate of drug-likeness (QED) is 0.666. The lowest BCUT2D eigenvalue weighted by molar-refractivity contribution is -0.249. The molecule has 4 aliphatic rings. The molecule has 2 unspecified atom stereocenters. The Kier molecular flexibility index (Phi) is 5.22. The highest BCUT2D eigenvalue weighted by Gasteiger charge is 2.60. The molecule has 0 heterocycles. The number of rotatable bonds is 4. The zero-order valence-electron chi connectivity index (χ0n) is 18.0. The summed E-state index contributed by atoms with van der Waals surface area (Å²) in [7, 11) is 0. The molecule has 2 N–H and O–H groups in total. The Bertz CT molecular complexity index is 546. The lowest BCUT2D eigenvalue weighted by atomic mass is 9.45. The molecule has 0 bridgehead atoms. The summed E-state index contributed by atoms with van der Waals surface area (Å²) < 4.78 is 5.93. The smallest absolute Gasteiger partial charge is 0.186 e. The molecule has 0 spiro atoms. The van der Waals surface area contributed by atoms with Crippen LogP contribution in [0.2, 0.25) is 0 Å². The standard InChI is InChI=1S/C24H42O3/c1-16(27-24(4,26)15-25)19-10-11-20-18-9-8-17-7-5-6-13-22(17,2)21(18)12-14-23(19,20)3/h16-21,25-26H,5-15H2,1-4H3/t16?,17-,18+,19-,20+,21+,22+,23-,24?/m1/s1. The number of aliphatic hydroxyl groups is 2. The van der Waals surface area contributed by atoms with Gasteiger partial charge in [-0.05, 0) is 106 Å². The van der Waals surface area contributed by atoms with E-state index in [-0.39, 0.29) is 12.7 Å². The van der Waals surface area contributed by atoms with Crippen molar-refractivity contribution in [3.8, 4) is 0 Å². The van der Waals surface area contributed by atoms with Crippen LogP contribution in [0.4, 0.5) is 0 Å². The van der Waals surface area contributed by atoms with Crippen LogP contribution in [0.3, 0.4) is 0 Å². The molecule has 27 heavy (non-hydrogen) atoms. The Morgan fingerprint density at radius 3 is 2.44 bits per heavy atom. The van der Waals surface area contributed by atoms with Crippen LogP contribution in [-0.4, -0.2) is 28.7 Å². The normalized spacial score (nSPS) is 50.2. The van der Waals surface area contributed by atoms with E-state index in [1.807, 2.05) is 0 Å². The number of fused-ring (bicyclic) bond motifs is 5. The summed E-state index contributed by atoms with van der Waals surface area (Å²) in [6.07, 6.45) is 14.0. The Hall–Kier alpha value is -0.120. The third kappa shape index (κ3) is 3.20. The predicted molar refractivity (Wildman–Crippen MR) is 108 cm³/mol. The molecule has 4 aliphatic carbocycles. The van der Waals surface area contributed by atoms with E-state index < -0.39 is 5.79 Å². The van der Waals surface area contributed by atoms with Gasteiger partial charge in [0, 0.05) is 0 Å². The molecule has 0 saturated heterocycles. The molecule has 0 aliphatic heterocycles. The van der Waals surface area contributed by atoms with E-state index in [0.29, 0.717) is 16.7 Å². The lowest BCUT2D eigenvalue weighted by Crippen LogP contribution is -2.53. The van der Waals surface area contributed by atoms with Crippen LogP contribution in [0.25, 0.3) is 0 Å². The zero-order valence-corrected chi connectivity index (χ0v) is 18.0. The van der Waals surface area contributed by atoms with Gasteiger partial charge in [-0.1, -0.05) is 26.7 Å². The molecule has 0 aromatic rings. The molecule has 3 nitrogen and oxygen atoms in total. The Morgan fingerprint density at radius 2 is 1.70 bits per heavy atom. The molecule has 0 aromatic heterocycles. The summed E-state index contributed by atoms with van der Waals surface area (Å²) in [5, 5.41) is 19.6. The molecular formula is C24H42O3. The van der Waals surface area contributed by atoms with Crippen molar-refractivity contribution in [2.45, 2.75) is 104 Å². The van der Waals surface area contributed by atoms with Gasteiger partial charge in [0.05, 0.1) is 12.7 Å². The molecule has 9 atom stereocenters. The summed E-state index contributed by atoms with van der Waals surface area (Å²) in [5.74, 6) is 2.72. The second-order valence-electron chi connectivity index (χ2n) is 11.3. The minimum Gasteiger partial charge on any atom is -0.391 e. The van der Waals surface area contributed by atoms with Gasteiger partial charge in [-0.2, -0.15) is 0 Å². The fourth-order valence-corrected chi connectivity index (χ4v) is 8.63. The average Bonchev–Trinajstić information content (AvgIpc) is 2.98. The van der Waals surface area contributed by atoms with Gasteiger partial charge in [-0.3, -0.25) is 0 Å². The van der Waals surface area contributed by atoms with E-state index in [9.17, 15) is 10.2 Å².